The van der Waals surface area contributed by atoms with E-state index < -0.39 is 15.6 Å². The van der Waals surface area contributed by atoms with Crippen LogP contribution in [0.5, 0.6) is 0 Å². The van der Waals surface area contributed by atoms with Crippen LogP contribution in [0.25, 0.3) is 0 Å². The standard InChI is InChI=1S/C20H22INO3S/c1-15-8-10-18(11-9-15)26(23,24)22-19-7-4-12-20(14-21,25-19)17-6-3-5-16(2)13-17/h3,5-6,8-11,13H,4,7,12,14H2,1-2H3/b22-19-/t20-/m0/s1. The van der Waals surface area contributed by atoms with E-state index in [1.807, 2.05) is 32.0 Å². The van der Waals surface area contributed by atoms with Crippen LogP contribution >= 0.6 is 22.6 Å². The van der Waals surface area contributed by atoms with Crippen LogP contribution in [-0.2, 0) is 20.4 Å². The quantitative estimate of drug-likeness (QED) is 0.458. The highest BCUT2D eigenvalue weighted by molar-refractivity contribution is 14.1. The van der Waals surface area contributed by atoms with Gasteiger partial charge < -0.3 is 4.74 Å². The average Bonchev–Trinajstić information content (AvgIpc) is 2.62. The Hall–Kier alpha value is -1.41. The summed E-state index contributed by atoms with van der Waals surface area (Å²) < 4.78 is 36.2. The minimum Gasteiger partial charge on any atom is -0.468 e. The summed E-state index contributed by atoms with van der Waals surface area (Å²) in [6, 6.07) is 14.9. The average molecular weight is 483 g/mol. The molecule has 2 aromatic rings. The van der Waals surface area contributed by atoms with Crippen molar-refractivity contribution < 1.29 is 13.2 Å². The number of halogens is 1. The predicted octanol–water partition coefficient (Wildman–Crippen LogP) is 4.92. The van der Waals surface area contributed by atoms with Gasteiger partial charge in [-0.1, -0.05) is 70.1 Å². The van der Waals surface area contributed by atoms with Crippen molar-refractivity contribution in [1.82, 2.24) is 0 Å². The molecule has 0 unspecified atom stereocenters. The SMILES string of the molecule is Cc1ccc(S(=O)(=O)/N=C2/CCC[C@](CI)(c3cccc(C)c3)O2)cc1. The van der Waals surface area contributed by atoms with E-state index >= 15 is 0 Å². The number of alkyl halides is 1. The minimum absolute atomic E-state index is 0.195. The molecule has 1 saturated heterocycles. The lowest BCUT2D eigenvalue weighted by Crippen LogP contribution is -2.38. The van der Waals surface area contributed by atoms with E-state index in [1.54, 1.807) is 24.3 Å². The second kappa shape index (κ2) is 7.68. The van der Waals surface area contributed by atoms with Gasteiger partial charge in [-0.3, -0.25) is 0 Å². The summed E-state index contributed by atoms with van der Waals surface area (Å²) in [5.74, 6) is 0.301. The topological polar surface area (TPSA) is 55.7 Å². The number of hydrogen-bond donors (Lipinski definition) is 0. The maximum absolute atomic E-state index is 12.6. The van der Waals surface area contributed by atoms with Crippen LogP contribution in [0.2, 0.25) is 0 Å². The third-order valence-corrected chi connectivity index (χ3v) is 7.13. The molecule has 1 aliphatic heterocycles. The number of nitrogens with zero attached hydrogens (tertiary/aromatic N) is 1. The first-order chi connectivity index (χ1) is 12.3. The largest absolute Gasteiger partial charge is 0.468 e. The molecule has 138 valence electrons. The van der Waals surface area contributed by atoms with Gasteiger partial charge in [0, 0.05) is 10.8 Å². The Morgan fingerprint density at radius 1 is 1.12 bits per heavy atom. The van der Waals surface area contributed by atoms with E-state index in [1.165, 1.54) is 0 Å². The first kappa shape index (κ1) is 19.4. The number of ether oxygens (including phenoxy) is 1. The van der Waals surface area contributed by atoms with Gasteiger partial charge in [-0.05, 0) is 44.4 Å². The molecule has 1 aliphatic rings. The third-order valence-electron chi connectivity index (χ3n) is 4.59. The van der Waals surface area contributed by atoms with Crippen molar-refractivity contribution in [2.45, 2.75) is 43.6 Å². The highest BCUT2D eigenvalue weighted by Crippen LogP contribution is 2.38. The molecule has 0 radical (unpaired) electrons. The highest BCUT2D eigenvalue weighted by atomic mass is 127. The Bertz CT molecular complexity index is 922. The molecule has 0 aliphatic carbocycles. The monoisotopic (exact) mass is 483 g/mol. The molecule has 1 atom stereocenters. The van der Waals surface area contributed by atoms with Gasteiger partial charge in [0.25, 0.3) is 10.0 Å². The van der Waals surface area contributed by atoms with Crippen molar-refractivity contribution in [3.8, 4) is 0 Å². The molecule has 0 spiro atoms. The van der Waals surface area contributed by atoms with Crippen LogP contribution in [0.1, 0.15) is 36.0 Å². The van der Waals surface area contributed by atoms with E-state index in [9.17, 15) is 8.42 Å². The zero-order valence-corrected chi connectivity index (χ0v) is 17.9. The molecule has 4 nitrogen and oxygen atoms in total. The summed E-state index contributed by atoms with van der Waals surface area (Å²) >= 11 is 2.31. The van der Waals surface area contributed by atoms with Crippen LogP contribution in [0.4, 0.5) is 0 Å². The molecule has 0 N–H and O–H groups in total. The van der Waals surface area contributed by atoms with Crippen molar-refractivity contribution in [1.29, 1.82) is 0 Å². The summed E-state index contributed by atoms with van der Waals surface area (Å²) in [5.41, 5.74) is 2.72. The van der Waals surface area contributed by atoms with Crippen molar-refractivity contribution in [2.75, 3.05) is 4.43 Å². The van der Waals surface area contributed by atoms with Crippen LogP contribution < -0.4 is 0 Å². The number of benzene rings is 2. The van der Waals surface area contributed by atoms with Crippen LogP contribution in [-0.4, -0.2) is 18.7 Å². The smallest absolute Gasteiger partial charge is 0.285 e. The van der Waals surface area contributed by atoms with Crippen molar-refractivity contribution in [2.24, 2.45) is 4.40 Å². The molecular formula is C20H22INO3S. The number of hydrogen-bond acceptors (Lipinski definition) is 3. The second-order valence-corrected chi connectivity index (χ2v) is 9.09. The lowest BCUT2D eigenvalue weighted by atomic mass is 9.87. The number of aryl methyl sites for hydroxylation is 2. The Kier molecular flexibility index (Phi) is 5.72. The Balaban J connectivity index is 1.94. The molecule has 0 aromatic heterocycles. The van der Waals surface area contributed by atoms with Crippen LogP contribution in [0.15, 0.2) is 57.8 Å². The second-order valence-electron chi connectivity index (χ2n) is 6.73. The van der Waals surface area contributed by atoms with Gasteiger partial charge in [0.05, 0.1) is 4.90 Å². The lowest BCUT2D eigenvalue weighted by molar-refractivity contribution is 0.0483. The molecule has 1 fully saturated rings. The first-order valence-electron chi connectivity index (χ1n) is 8.57. The van der Waals surface area contributed by atoms with Crippen molar-refractivity contribution >= 4 is 38.5 Å². The molecular weight excluding hydrogens is 461 g/mol. The summed E-state index contributed by atoms with van der Waals surface area (Å²) in [4.78, 5) is 0.195. The third kappa shape index (κ3) is 4.11. The fraction of sp³-hybridized carbons (Fsp3) is 0.350. The van der Waals surface area contributed by atoms with Gasteiger partial charge >= 0.3 is 0 Å². The molecule has 1 heterocycles. The Morgan fingerprint density at radius 2 is 1.85 bits per heavy atom. The fourth-order valence-electron chi connectivity index (χ4n) is 3.12. The Morgan fingerprint density at radius 3 is 2.50 bits per heavy atom. The number of sulfonamides is 1. The molecule has 0 amide bonds. The highest BCUT2D eigenvalue weighted by Gasteiger charge is 2.38. The number of rotatable bonds is 4. The van der Waals surface area contributed by atoms with E-state index in [2.05, 4.69) is 33.1 Å². The maximum Gasteiger partial charge on any atom is 0.285 e. The minimum atomic E-state index is -3.76. The van der Waals surface area contributed by atoms with E-state index in [4.69, 9.17) is 4.74 Å². The first-order valence-corrected chi connectivity index (χ1v) is 11.5. The van der Waals surface area contributed by atoms with Gasteiger partial charge in [-0.25, -0.2) is 0 Å². The molecule has 6 heteroatoms. The lowest BCUT2D eigenvalue weighted by Gasteiger charge is -2.37. The summed E-state index contributed by atoms with van der Waals surface area (Å²) in [5, 5.41) is 0. The summed E-state index contributed by atoms with van der Waals surface area (Å²) in [6.07, 6.45) is 2.23. The normalized spacial score (nSPS) is 22.2. The zero-order chi connectivity index (χ0) is 18.8. The molecule has 2 aromatic carbocycles. The zero-order valence-electron chi connectivity index (χ0n) is 14.9. The molecule has 3 rings (SSSR count). The van der Waals surface area contributed by atoms with E-state index in [0.717, 1.165) is 34.0 Å². The molecule has 0 saturated carbocycles. The predicted molar refractivity (Wildman–Crippen MR) is 112 cm³/mol. The van der Waals surface area contributed by atoms with E-state index in [-0.39, 0.29) is 4.90 Å². The van der Waals surface area contributed by atoms with Crippen molar-refractivity contribution in [3.63, 3.8) is 0 Å². The van der Waals surface area contributed by atoms with Crippen molar-refractivity contribution in [3.05, 3.63) is 65.2 Å². The van der Waals surface area contributed by atoms with Gasteiger partial charge in [0.2, 0.25) is 5.90 Å². The van der Waals surface area contributed by atoms with Gasteiger partial charge in [0.15, 0.2) is 0 Å². The van der Waals surface area contributed by atoms with Gasteiger partial charge in [0.1, 0.15) is 5.60 Å². The maximum atomic E-state index is 12.6. The molecule has 26 heavy (non-hydrogen) atoms. The van der Waals surface area contributed by atoms with Crippen LogP contribution in [0, 0.1) is 13.8 Å². The van der Waals surface area contributed by atoms with Crippen LogP contribution in [0.3, 0.4) is 0 Å². The molecule has 0 bridgehead atoms. The fourth-order valence-corrected chi connectivity index (χ4v) is 5.08. The summed E-state index contributed by atoms with van der Waals surface area (Å²) in [6.45, 7) is 3.97. The van der Waals surface area contributed by atoms with Gasteiger partial charge in [-0.2, -0.15) is 8.42 Å². The summed E-state index contributed by atoms with van der Waals surface area (Å²) in [7, 11) is -3.76. The van der Waals surface area contributed by atoms with E-state index in [0.29, 0.717) is 12.3 Å². The van der Waals surface area contributed by atoms with Gasteiger partial charge in [-0.15, -0.1) is 4.40 Å². The Labute approximate surface area is 168 Å².